The Kier molecular flexibility index (Phi) is 7.13. The summed E-state index contributed by atoms with van der Waals surface area (Å²) in [5.41, 5.74) is 2.05. The Morgan fingerprint density at radius 2 is 0.842 bits per heavy atom. The van der Waals surface area contributed by atoms with Gasteiger partial charge >= 0.3 is 0 Å². The van der Waals surface area contributed by atoms with E-state index in [0.717, 1.165) is 28.8 Å². The second-order valence-electron chi connectivity index (χ2n) is 8.87. The van der Waals surface area contributed by atoms with Gasteiger partial charge in [0.1, 0.15) is 9.79 Å². The number of phenolic OH excluding ortho intramolecular Hbond substituents is 1. The van der Waals surface area contributed by atoms with Crippen molar-refractivity contribution in [3.05, 3.63) is 102 Å². The van der Waals surface area contributed by atoms with Crippen LogP contribution in [0.3, 0.4) is 0 Å². The van der Waals surface area contributed by atoms with Crippen molar-refractivity contribution in [1.29, 1.82) is 0 Å². The minimum absolute atomic E-state index is 0.109. The number of hydrogen-bond acceptors (Lipinski definition) is 7. The predicted molar refractivity (Wildman–Crippen MR) is 143 cm³/mol. The molecule has 0 radical (unpaired) electrons. The van der Waals surface area contributed by atoms with Crippen molar-refractivity contribution >= 4 is 35.4 Å². The topological polar surface area (TPSA) is 135 Å². The van der Waals surface area contributed by atoms with E-state index in [1.54, 1.807) is 57.2 Å². The van der Waals surface area contributed by atoms with Gasteiger partial charge in [0.05, 0.1) is 20.4 Å². The van der Waals surface area contributed by atoms with Crippen LogP contribution < -0.4 is 4.72 Å². The molecule has 0 saturated carbocycles. The summed E-state index contributed by atoms with van der Waals surface area (Å²) < 4.78 is 82.5. The maximum Gasteiger partial charge on any atom is 0.261 e. The van der Waals surface area contributed by atoms with E-state index in [0.29, 0.717) is 0 Å². The summed E-state index contributed by atoms with van der Waals surface area (Å²) in [7, 11) is -13.1. The SMILES string of the molecule is Cc1ccc(S(=O)(=O)Nc2cc(S(=O)(=O)c3ccc(C)cc3)c(O)c(S(=O)(=O)c3ccc(C)cc3)c2)cc1. The molecule has 4 aromatic rings. The van der Waals surface area contributed by atoms with Crippen LogP contribution in [0.2, 0.25) is 0 Å². The first-order valence-corrected chi connectivity index (χ1v) is 15.8. The van der Waals surface area contributed by atoms with Gasteiger partial charge in [0.15, 0.2) is 5.75 Å². The number of hydrogen-bond donors (Lipinski definition) is 2. The smallest absolute Gasteiger partial charge is 0.261 e. The number of sulfone groups is 2. The molecule has 0 unspecified atom stereocenters. The van der Waals surface area contributed by atoms with E-state index in [9.17, 15) is 30.4 Å². The number of rotatable bonds is 7. The molecule has 0 bridgehead atoms. The number of phenols is 1. The standard InChI is InChI=1S/C27H25NO7S3/c1-18-4-10-22(11-5-18)36(30,31)25-16-21(28-38(34,35)24-14-8-20(3)9-15-24)17-26(27(25)29)37(32,33)23-12-6-19(2)7-13-23/h4-17,28-29H,1-3H3. The van der Waals surface area contributed by atoms with Gasteiger partial charge in [0.25, 0.3) is 10.0 Å². The molecule has 8 nitrogen and oxygen atoms in total. The number of nitrogens with one attached hydrogen (secondary N) is 1. The molecule has 2 N–H and O–H groups in total. The third-order valence-electron chi connectivity index (χ3n) is 5.87. The predicted octanol–water partition coefficient (Wildman–Crippen LogP) is 4.78. The van der Waals surface area contributed by atoms with Crippen LogP contribution in [-0.2, 0) is 29.7 Å². The van der Waals surface area contributed by atoms with Crippen LogP contribution in [0.1, 0.15) is 16.7 Å². The molecule has 0 amide bonds. The average molecular weight is 572 g/mol. The molecule has 0 aromatic heterocycles. The first-order valence-electron chi connectivity index (χ1n) is 11.3. The minimum atomic E-state index is -4.46. The van der Waals surface area contributed by atoms with Crippen LogP contribution in [0.25, 0.3) is 0 Å². The van der Waals surface area contributed by atoms with Gasteiger partial charge in [-0.05, 0) is 69.3 Å². The van der Waals surface area contributed by atoms with Crippen molar-refractivity contribution in [3.8, 4) is 5.75 Å². The second kappa shape index (κ2) is 9.90. The molecule has 4 rings (SSSR count). The molecule has 4 aromatic carbocycles. The lowest BCUT2D eigenvalue weighted by molar-refractivity contribution is 0.442. The number of sulfonamides is 1. The van der Waals surface area contributed by atoms with E-state index in [4.69, 9.17) is 0 Å². The van der Waals surface area contributed by atoms with Crippen LogP contribution in [0, 0.1) is 20.8 Å². The molecule has 0 atom stereocenters. The van der Waals surface area contributed by atoms with E-state index in [1.165, 1.54) is 36.4 Å². The monoisotopic (exact) mass is 571 g/mol. The molecule has 0 aliphatic carbocycles. The minimum Gasteiger partial charge on any atom is -0.505 e. The lowest BCUT2D eigenvalue weighted by Gasteiger charge is -2.16. The van der Waals surface area contributed by atoms with Gasteiger partial charge in [-0.2, -0.15) is 0 Å². The highest BCUT2D eigenvalue weighted by Crippen LogP contribution is 2.39. The van der Waals surface area contributed by atoms with Crippen LogP contribution in [0.5, 0.6) is 5.75 Å². The van der Waals surface area contributed by atoms with E-state index in [-0.39, 0.29) is 20.4 Å². The summed E-state index contributed by atoms with van der Waals surface area (Å²) in [6.07, 6.45) is 0. The lowest BCUT2D eigenvalue weighted by atomic mass is 10.2. The Labute approximate surface area is 222 Å². The highest BCUT2D eigenvalue weighted by atomic mass is 32.2. The lowest BCUT2D eigenvalue weighted by Crippen LogP contribution is -2.15. The summed E-state index contributed by atoms with van der Waals surface area (Å²) >= 11 is 0. The van der Waals surface area contributed by atoms with Crippen LogP contribution in [-0.4, -0.2) is 30.4 Å². The molecule has 38 heavy (non-hydrogen) atoms. The van der Waals surface area contributed by atoms with Gasteiger partial charge in [-0.1, -0.05) is 53.1 Å². The number of benzene rings is 4. The Bertz CT molecular complexity index is 1730. The first-order chi connectivity index (χ1) is 17.7. The molecular formula is C27H25NO7S3. The molecular weight excluding hydrogens is 546 g/mol. The summed E-state index contributed by atoms with van der Waals surface area (Å²) in [5.74, 6) is -1.01. The van der Waals surface area contributed by atoms with Crippen molar-refractivity contribution in [2.75, 3.05) is 4.72 Å². The normalized spacial score (nSPS) is 12.3. The number of aryl methyl sites for hydroxylation is 3. The van der Waals surface area contributed by atoms with Gasteiger partial charge in [-0.25, -0.2) is 25.3 Å². The Morgan fingerprint density at radius 1 is 0.526 bits per heavy atom. The van der Waals surface area contributed by atoms with Gasteiger partial charge < -0.3 is 5.11 Å². The zero-order valence-electron chi connectivity index (χ0n) is 20.7. The third kappa shape index (κ3) is 5.31. The zero-order valence-corrected chi connectivity index (χ0v) is 23.2. The Morgan fingerprint density at radius 3 is 1.18 bits per heavy atom. The summed E-state index contributed by atoms with van der Waals surface area (Å²) in [6, 6.07) is 19.2. The highest BCUT2D eigenvalue weighted by molar-refractivity contribution is 7.93. The maximum atomic E-state index is 13.5. The van der Waals surface area contributed by atoms with Crippen molar-refractivity contribution < 1.29 is 30.4 Å². The van der Waals surface area contributed by atoms with Gasteiger partial charge in [-0.15, -0.1) is 0 Å². The van der Waals surface area contributed by atoms with Crippen LogP contribution in [0.4, 0.5) is 5.69 Å². The van der Waals surface area contributed by atoms with Crippen molar-refractivity contribution in [2.45, 2.75) is 45.2 Å². The van der Waals surface area contributed by atoms with Crippen molar-refractivity contribution in [2.24, 2.45) is 0 Å². The van der Waals surface area contributed by atoms with Gasteiger partial charge in [0.2, 0.25) is 19.7 Å². The fourth-order valence-electron chi connectivity index (χ4n) is 3.67. The summed E-state index contributed by atoms with van der Waals surface area (Å²) in [4.78, 5) is -2.01. The van der Waals surface area contributed by atoms with Crippen molar-refractivity contribution in [3.63, 3.8) is 0 Å². The fourth-order valence-corrected chi connectivity index (χ4v) is 7.57. The highest BCUT2D eigenvalue weighted by Gasteiger charge is 2.31. The summed E-state index contributed by atoms with van der Waals surface area (Å²) in [5, 5.41) is 11.0. The van der Waals surface area contributed by atoms with E-state index in [2.05, 4.69) is 4.72 Å². The van der Waals surface area contributed by atoms with Gasteiger partial charge in [0, 0.05) is 0 Å². The van der Waals surface area contributed by atoms with Gasteiger partial charge in [-0.3, -0.25) is 4.72 Å². The molecule has 0 saturated heterocycles. The number of aromatic hydroxyl groups is 1. The fraction of sp³-hybridized carbons (Fsp3) is 0.111. The third-order valence-corrected chi connectivity index (χ3v) is 10.8. The largest absolute Gasteiger partial charge is 0.505 e. The molecule has 0 aliphatic rings. The second-order valence-corrected chi connectivity index (χ2v) is 14.4. The molecule has 0 spiro atoms. The first kappa shape index (κ1) is 27.4. The zero-order chi connectivity index (χ0) is 27.9. The van der Waals surface area contributed by atoms with E-state index in [1.807, 2.05) is 0 Å². The average Bonchev–Trinajstić information content (AvgIpc) is 2.85. The van der Waals surface area contributed by atoms with E-state index >= 15 is 0 Å². The Hall–Kier alpha value is -3.67. The molecule has 11 heteroatoms. The molecule has 0 fully saturated rings. The molecule has 0 aliphatic heterocycles. The quantitative estimate of drug-likeness (QED) is 0.305. The molecule has 0 heterocycles. The maximum absolute atomic E-state index is 13.5. The molecule has 198 valence electrons. The van der Waals surface area contributed by atoms with Crippen LogP contribution >= 0.6 is 0 Å². The van der Waals surface area contributed by atoms with Crippen LogP contribution in [0.15, 0.2) is 109 Å². The van der Waals surface area contributed by atoms with E-state index < -0.39 is 45.2 Å². The van der Waals surface area contributed by atoms with Crippen molar-refractivity contribution in [1.82, 2.24) is 0 Å². The number of anilines is 1. The Balaban J connectivity index is 1.95. The summed E-state index contributed by atoms with van der Waals surface area (Å²) in [6.45, 7) is 5.31.